The van der Waals surface area contributed by atoms with Crippen molar-refractivity contribution in [2.45, 2.75) is 26.3 Å². The second-order valence-corrected chi connectivity index (χ2v) is 8.23. The van der Waals surface area contributed by atoms with Gasteiger partial charge in [0.15, 0.2) is 6.61 Å². The summed E-state index contributed by atoms with van der Waals surface area (Å²) in [6.45, 7) is 4.45. The zero-order chi connectivity index (χ0) is 22.3. The highest BCUT2D eigenvalue weighted by Crippen LogP contribution is 2.36. The van der Waals surface area contributed by atoms with Gasteiger partial charge in [0.05, 0.1) is 28.1 Å². The second-order valence-electron chi connectivity index (χ2n) is 7.79. The lowest BCUT2D eigenvalue weighted by atomic mass is 9.96. The molecule has 0 aliphatic carbocycles. The van der Waals surface area contributed by atoms with Gasteiger partial charge in [0.1, 0.15) is 5.54 Å². The molecule has 7 nitrogen and oxygen atoms in total. The summed E-state index contributed by atoms with van der Waals surface area (Å²) >= 11 is 6.03. The van der Waals surface area contributed by atoms with Crippen LogP contribution in [-0.4, -0.2) is 34.9 Å². The van der Waals surface area contributed by atoms with Crippen LogP contribution in [-0.2, 0) is 14.3 Å². The van der Waals surface area contributed by atoms with Crippen LogP contribution in [0.15, 0.2) is 48.5 Å². The van der Waals surface area contributed by atoms with Crippen molar-refractivity contribution in [3.8, 4) is 0 Å². The number of rotatable bonds is 3. The Morgan fingerprint density at radius 3 is 2.68 bits per heavy atom. The first-order valence-electron chi connectivity index (χ1n) is 9.66. The molecule has 2 aromatic carbocycles. The number of amides is 2. The third kappa shape index (κ3) is 3.72. The molecule has 0 radical (unpaired) electrons. The number of carbonyl (C=O) groups excluding carboxylic acids is 3. The van der Waals surface area contributed by atoms with Gasteiger partial charge in [-0.2, -0.15) is 0 Å². The Balaban J connectivity index is 1.57. The molecule has 0 unspecified atom stereocenters. The van der Waals surface area contributed by atoms with E-state index in [4.69, 9.17) is 16.3 Å². The Bertz CT molecular complexity index is 1240. The molecule has 1 N–H and O–H groups in total. The summed E-state index contributed by atoms with van der Waals surface area (Å²) in [7, 11) is 0. The van der Waals surface area contributed by atoms with E-state index in [1.165, 1.54) is 4.90 Å². The molecule has 2 amide bonds. The molecule has 1 aromatic heterocycles. The quantitative estimate of drug-likeness (QED) is 0.623. The number of hydrogen-bond acceptors (Lipinski definition) is 5. The first-order chi connectivity index (χ1) is 14.7. The number of aromatic nitrogens is 1. The number of nitrogens with one attached hydrogen (secondary N) is 1. The fourth-order valence-electron chi connectivity index (χ4n) is 3.62. The first-order valence-corrected chi connectivity index (χ1v) is 10.0. The minimum atomic E-state index is -1.14. The van der Waals surface area contributed by atoms with E-state index < -0.39 is 24.0 Å². The van der Waals surface area contributed by atoms with Gasteiger partial charge >= 0.3 is 5.97 Å². The molecule has 0 saturated carbocycles. The van der Waals surface area contributed by atoms with E-state index in [1.54, 1.807) is 69.3 Å². The Hall–Kier alpha value is -3.45. The molecule has 31 heavy (non-hydrogen) atoms. The Morgan fingerprint density at radius 1 is 1.16 bits per heavy atom. The molecule has 4 rings (SSSR count). The van der Waals surface area contributed by atoms with Gasteiger partial charge in [-0.05, 0) is 57.2 Å². The van der Waals surface area contributed by atoms with E-state index in [1.807, 2.05) is 0 Å². The number of ether oxygens (including phenoxy) is 1. The van der Waals surface area contributed by atoms with Gasteiger partial charge in [-0.25, -0.2) is 4.79 Å². The van der Waals surface area contributed by atoms with E-state index in [0.717, 1.165) is 0 Å². The molecular weight excluding hydrogens is 418 g/mol. The maximum absolute atomic E-state index is 13.0. The molecule has 158 valence electrons. The minimum Gasteiger partial charge on any atom is -0.452 e. The summed E-state index contributed by atoms with van der Waals surface area (Å²) in [6.07, 6.45) is 0. The van der Waals surface area contributed by atoms with Crippen molar-refractivity contribution in [1.82, 2.24) is 4.98 Å². The van der Waals surface area contributed by atoms with E-state index in [9.17, 15) is 14.4 Å². The number of aryl methyl sites for hydroxylation is 1. The fraction of sp³-hybridized carbons (Fsp3) is 0.217. The summed E-state index contributed by atoms with van der Waals surface area (Å²) in [5, 5.41) is 4.01. The number of esters is 1. The van der Waals surface area contributed by atoms with Crippen LogP contribution in [0.5, 0.6) is 0 Å². The number of pyridine rings is 1. The number of halogens is 1. The van der Waals surface area contributed by atoms with E-state index in [0.29, 0.717) is 33.0 Å². The number of para-hydroxylation sites is 2. The predicted octanol–water partition coefficient (Wildman–Crippen LogP) is 4.12. The zero-order valence-corrected chi connectivity index (χ0v) is 18.0. The topological polar surface area (TPSA) is 88.6 Å². The van der Waals surface area contributed by atoms with Crippen LogP contribution < -0.4 is 10.2 Å². The van der Waals surface area contributed by atoms with Crippen molar-refractivity contribution in [2.75, 3.05) is 16.8 Å². The third-order valence-corrected chi connectivity index (χ3v) is 5.51. The lowest BCUT2D eigenvalue weighted by molar-refractivity contribution is -0.128. The Morgan fingerprint density at radius 2 is 1.90 bits per heavy atom. The highest BCUT2D eigenvalue weighted by atomic mass is 35.5. The van der Waals surface area contributed by atoms with Crippen LogP contribution in [0.1, 0.15) is 29.9 Å². The van der Waals surface area contributed by atoms with Gasteiger partial charge in [0, 0.05) is 10.4 Å². The summed E-state index contributed by atoms with van der Waals surface area (Å²) in [4.78, 5) is 44.0. The van der Waals surface area contributed by atoms with Crippen LogP contribution in [0.25, 0.3) is 10.9 Å². The monoisotopic (exact) mass is 437 g/mol. The highest BCUT2D eigenvalue weighted by Gasteiger charge is 2.43. The summed E-state index contributed by atoms with van der Waals surface area (Å²) in [6, 6.07) is 13.8. The lowest BCUT2D eigenvalue weighted by Gasteiger charge is -2.41. The normalized spacial score (nSPS) is 14.7. The molecule has 0 fully saturated rings. The fourth-order valence-corrected chi connectivity index (χ4v) is 3.80. The molecule has 3 aromatic rings. The number of fused-ring (bicyclic) bond motifs is 2. The molecule has 0 bridgehead atoms. The minimum absolute atomic E-state index is 0.249. The summed E-state index contributed by atoms with van der Waals surface area (Å²) in [5.41, 5.74) is 1.36. The lowest BCUT2D eigenvalue weighted by Crippen LogP contribution is -2.59. The molecule has 0 spiro atoms. The first kappa shape index (κ1) is 20.8. The van der Waals surface area contributed by atoms with Gasteiger partial charge in [-0.1, -0.05) is 23.7 Å². The standard InChI is InChI=1S/C23H20ClN3O4/c1-13-16(11-14-10-15(24)8-9-17(14)25-13)21(29)31-12-20(28)27-19-7-5-4-6-18(19)26-22(30)23(27,2)3/h4-11H,12H2,1-3H3,(H,26,30). The average Bonchev–Trinajstić information content (AvgIpc) is 2.72. The van der Waals surface area contributed by atoms with Gasteiger partial charge in [0.25, 0.3) is 5.91 Å². The van der Waals surface area contributed by atoms with Gasteiger partial charge in [-0.15, -0.1) is 0 Å². The predicted molar refractivity (Wildman–Crippen MR) is 118 cm³/mol. The molecule has 1 aliphatic rings. The highest BCUT2D eigenvalue weighted by molar-refractivity contribution is 6.31. The van der Waals surface area contributed by atoms with Crippen LogP contribution in [0.3, 0.4) is 0 Å². The number of nitrogens with zero attached hydrogens (tertiary/aromatic N) is 2. The second kappa shape index (κ2) is 7.67. The van der Waals surface area contributed by atoms with Gasteiger partial charge < -0.3 is 10.1 Å². The molecular formula is C23H20ClN3O4. The smallest absolute Gasteiger partial charge is 0.340 e. The van der Waals surface area contributed by atoms with Crippen LogP contribution in [0, 0.1) is 6.92 Å². The molecule has 8 heteroatoms. The van der Waals surface area contributed by atoms with Crippen molar-refractivity contribution in [1.29, 1.82) is 0 Å². The van der Waals surface area contributed by atoms with Crippen molar-refractivity contribution in [2.24, 2.45) is 0 Å². The molecule has 0 saturated heterocycles. The Kier molecular flexibility index (Phi) is 5.15. The Labute approximate surface area is 184 Å². The summed E-state index contributed by atoms with van der Waals surface area (Å²) in [5.74, 6) is -1.50. The van der Waals surface area contributed by atoms with Gasteiger partial charge in [0.2, 0.25) is 5.91 Å². The van der Waals surface area contributed by atoms with Crippen molar-refractivity contribution in [3.05, 3.63) is 64.8 Å². The number of hydrogen-bond donors (Lipinski definition) is 1. The zero-order valence-electron chi connectivity index (χ0n) is 17.2. The maximum Gasteiger partial charge on any atom is 0.340 e. The summed E-state index contributed by atoms with van der Waals surface area (Å²) < 4.78 is 5.31. The average molecular weight is 438 g/mol. The molecule has 2 heterocycles. The SMILES string of the molecule is Cc1nc2ccc(Cl)cc2cc1C(=O)OCC(=O)N1c2ccccc2NC(=O)C1(C)C. The van der Waals surface area contributed by atoms with Crippen molar-refractivity contribution >= 4 is 51.7 Å². The van der Waals surface area contributed by atoms with Crippen molar-refractivity contribution in [3.63, 3.8) is 0 Å². The van der Waals surface area contributed by atoms with E-state index in [-0.39, 0.29) is 11.5 Å². The van der Waals surface area contributed by atoms with E-state index >= 15 is 0 Å². The maximum atomic E-state index is 13.0. The largest absolute Gasteiger partial charge is 0.452 e. The number of benzene rings is 2. The molecule has 0 atom stereocenters. The van der Waals surface area contributed by atoms with Crippen LogP contribution in [0.4, 0.5) is 11.4 Å². The van der Waals surface area contributed by atoms with Crippen molar-refractivity contribution < 1.29 is 19.1 Å². The van der Waals surface area contributed by atoms with Gasteiger partial charge in [-0.3, -0.25) is 19.5 Å². The van der Waals surface area contributed by atoms with Crippen LogP contribution in [0.2, 0.25) is 5.02 Å². The third-order valence-electron chi connectivity index (χ3n) is 5.27. The number of carbonyl (C=O) groups is 3. The number of anilines is 2. The molecule has 1 aliphatic heterocycles. The van der Waals surface area contributed by atoms with Crippen LogP contribution >= 0.6 is 11.6 Å². The van der Waals surface area contributed by atoms with E-state index in [2.05, 4.69) is 10.3 Å².